The third kappa shape index (κ3) is 5.45. The number of ether oxygens (including phenoxy) is 1. The molecule has 0 saturated heterocycles. The Morgan fingerprint density at radius 3 is 2.58 bits per heavy atom. The number of carbonyl (C=O) groups excluding carboxylic acids is 1. The van der Waals surface area contributed by atoms with E-state index in [1.807, 2.05) is 6.92 Å². The molecule has 1 aliphatic carbocycles. The van der Waals surface area contributed by atoms with E-state index in [-0.39, 0.29) is 30.8 Å². The van der Waals surface area contributed by atoms with Gasteiger partial charge in [0.2, 0.25) is 0 Å². The summed E-state index contributed by atoms with van der Waals surface area (Å²) >= 11 is 0. The number of carboxylic acid groups (broad SMARTS) is 1. The number of rotatable bonds is 6. The Labute approximate surface area is 114 Å². The molecule has 0 aliphatic heterocycles. The van der Waals surface area contributed by atoms with E-state index in [4.69, 9.17) is 9.84 Å². The maximum absolute atomic E-state index is 11.7. The van der Waals surface area contributed by atoms with Crippen LogP contribution in [0.5, 0.6) is 0 Å². The molecule has 0 aromatic heterocycles. The van der Waals surface area contributed by atoms with Gasteiger partial charge < -0.3 is 9.84 Å². The van der Waals surface area contributed by atoms with E-state index < -0.39 is 5.97 Å². The molecule has 0 aromatic carbocycles. The highest BCUT2D eigenvalue weighted by molar-refractivity contribution is 5.71. The van der Waals surface area contributed by atoms with E-state index in [0.29, 0.717) is 12.3 Å². The lowest BCUT2D eigenvalue weighted by molar-refractivity contribution is -0.153. The smallest absolute Gasteiger partial charge is 0.306 e. The summed E-state index contributed by atoms with van der Waals surface area (Å²) < 4.78 is 5.52. The van der Waals surface area contributed by atoms with Gasteiger partial charge in [-0.15, -0.1) is 0 Å². The molecule has 1 N–H and O–H groups in total. The van der Waals surface area contributed by atoms with Crippen molar-refractivity contribution in [2.75, 3.05) is 0 Å². The first-order valence-corrected chi connectivity index (χ1v) is 6.96. The van der Waals surface area contributed by atoms with Gasteiger partial charge >= 0.3 is 11.9 Å². The van der Waals surface area contributed by atoms with Crippen molar-refractivity contribution < 1.29 is 19.4 Å². The van der Waals surface area contributed by atoms with Crippen LogP contribution in [0, 0.1) is 11.8 Å². The molecule has 4 heteroatoms. The van der Waals surface area contributed by atoms with Crippen LogP contribution in [0.4, 0.5) is 0 Å². The van der Waals surface area contributed by atoms with E-state index in [9.17, 15) is 9.59 Å². The molecule has 1 rings (SSSR count). The van der Waals surface area contributed by atoms with Crippen LogP contribution in [-0.4, -0.2) is 23.1 Å². The van der Waals surface area contributed by atoms with Crippen molar-refractivity contribution in [1.29, 1.82) is 0 Å². The number of hydrogen-bond acceptors (Lipinski definition) is 3. The van der Waals surface area contributed by atoms with Gasteiger partial charge in [-0.2, -0.15) is 0 Å². The number of hydrogen-bond donors (Lipinski definition) is 1. The van der Waals surface area contributed by atoms with Crippen molar-refractivity contribution in [1.82, 2.24) is 0 Å². The molecule has 0 aromatic rings. The van der Waals surface area contributed by atoms with Gasteiger partial charge in [-0.25, -0.2) is 0 Å². The minimum absolute atomic E-state index is 0.0140. The number of carbonyl (C=O) groups is 2. The maximum Gasteiger partial charge on any atom is 0.306 e. The SMILES string of the molecule is C=C(C)C1CCC(C)CC1OC(=O)CCCC(=O)O. The summed E-state index contributed by atoms with van der Waals surface area (Å²) in [5.74, 6) is -0.349. The zero-order valence-corrected chi connectivity index (χ0v) is 11.9. The predicted molar refractivity (Wildman–Crippen MR) is 72.7 cm³/mol. The normalized spacial score (nSPS) is 26.7. The van der Waals surface area contributed by atoms with Crippen LogP contribution in [0.1, 0.15) is 52.4 Å². The maximum atomic E-state index is 11.7. The minimum Gasteiger partial charge on any atom is -0.481 e. The van der Waals surface area contributed by atoms with Crippen molar-refractivity contribution in [2.45, 2.75) is 58.5 Å². The number of carboxylic acids is 1. The first-order chi connectivity index (χ1) is 8.90. The molecule has 1 aliphatic rings. The summed E-state index contributed by atoms with van der Waals surface area (Å²) in [6.45, 7) is 8.12. The topological polar surface area (TPSA) is 63.6 Å². The highest BCUT2D eigenvalue weighted by Gasteiger charge is 2.31. The molecule has 3 unspecified atom stereocenters. The van der Waals surface area contributed by atoms with E-state index in [1.165, 1.54) is 0 Å². The molecule has 1 saturated carbocycles. The van der Waals surface area contributed by atoms with Crippen molar-refractivity contribution in [2.24, 2.45) is 11.8 Å². The Balaban J connectivity index is 2.44. The van der Waals surface area contributed by atoms with E-state index in [0.717, 1.165) is 24.8 Å². The quantitative estimate of drug-likeness (QED) is 0.593. The summed E-state index contributed by atoms with van der Waals surface area (Å²) in [6.07, 6.45) is 3.49. The van der Waals surface area contributed by atoms with Crippen LogP contribution >= 0.6 is 0 Å². The van der Waals surface area contributed by atoms with Crippen LogP contribution in [0.15, 0.2) is 12.2 Å². The highest BCUT2D eigenvalue weighted by atomic mass is 16.5. The summed E-state index contributed by atoms with van der Waals surface area (Å²) in [5, 5.41) is 8.53. The zero-order chi connectivity index (χ0) is 14.4. The molecule has 0 heterocycles. The Kier molecular flexibility index (Phi) is 6.06. The van der Waals surface area contributed by atoms with Crippen LogP contribution in [-0.2, 0) is 14.3 Å². The van der Waals surface area contributed by atoms with Gasteiger partial charge in [-0.3, -0.25) is 9.59 Å². The molecule has 0 amide bonds. The second kappa shape index (κ2) is 7.31. The first kappa shape index (κ1) is 15.7. The average molecular weight is 268 g/mol. The Morgan fingerprint density at radius 1 is 1.32 bits per heavy atom. The third-order valence-corrected chi connectivity index (χ3v) is 3.74. The second-order valence-electron chi connectivity index (χ2n) is 5.65. The fraction of sp³-hybridized carbons (Fsp3) is 0.733. The van der Waals surface area contributed by atoms with Crippen LogP contribution in [0.2, 0.25) is 0 Å². The van der Waals surface area contributed by atoms with Crippen molar-refractivity contribution in [3.05, 3.63) is 12.2 Å². The minimum atomic E-state index is -0.876. The monoisotopic (exact) mass is 268 g/mol. The molecular weight excluding hydrogens is 244 g/mol. The molecule has 0 radical (unpaired) electrons. The summed E-state index contributed by atoms with van der Waals surface area (Å²) in [5.41, 5.74) is 1.07. The number of aliphatic carboxylic acids is 1. The summed E-state index contributed by atoms with van der Waals surface area (Å²) in [4.78, 5) is 22.1. The van der Waals surface area contributed by atoms with Gasteiger partial charge in [0.25, 0.3) is 0 Å². The zero-order valence-electron chi connectivity index (χ0n) is 11.9. The van der Waals surface area contributed by atoms with Crippen molar-refractivity contribution in [3.8, 4) is 0 Å². The van der Waals surface area contributed by atoms with Crippen LogP contribution in [0.3, 0.4) is 0 Å². The van der Waals surface area contributed by atoms with Gasteiger partial charge in [0.05, 0.1) is 0 Å². The largest absolute Gasteiger partial charge is 0.481 e. The van der Waals surface area contributed by atoms with Gasteiger partial charge in [0, 0.05) is 18.8 Å². The Morgan fingerprint density at radius 2 is 2.00 bits per heavy atom. The van der Waals surface area contributed by atoms with Gasteiger partial charge in [-0.05, 0) is 38.5 Å². The lowest BCUT2D eigenvalue weighted by Crippen LogP contribution is -2.33. The fourth-order valence-corrected chi connectivity index (χ4v) is 2.63. The molecular formula is C15H24O4. The highest BCUT2D eigenvalue weighted by Crippen LogP contribution is 2.34. The molecule has 0 bridgehead atoms. The third-order valence-electron chi connectivity index (χ3n) is 3.74. The van der Waals surface area contributed by atoms with Crippen molar-refractivity contribution >= 4 is 11.9 Å². The molecule has 4 nitrogen and oxygen atoms in total. The summed E-state index contributed by atoms with van der Waals surface area (Å²) in [6, 6.07) is 0. The van der Waals surface area contributed by atoms with Gasteiger partial charge in [-0.1, -0.05) is 19.1 Å². The molecule has 19 heavy (non-hydrogen) atoms. The standard InChI is InChI=1S/C15H24O4/c1-10(2)12-8-7-11(3)9-13(12)19-15(18)6-4-5-14(16)17/h11-13H,1,4-9H2,2-3H3,(H,16,17). The average Bonchev–Trinajstić information content (AvgIpc) is 2.27. The Hall–Kier alpha value is -1.32. The van der Waals surface area contributed by atoms with Gasteiger partial charge in [0.15, 0.2) is 0 Å². The van der Waals surface area contributed by atoms with E-state index in [1.54, 1.807) is 0 Å². The van der Waals surface area contributed by atoms with Gasteiger partial charge in [0.1, 0.15) is 6.10 Å². The van der Waals surface area contributed by atoms with Crippen molar-refractivity contribution in [3.63, 3.8) is 0 Å². The van der Waals surface area contributed by atoms with Crippen LogP contribution in [0.25, 0.3) is 0 Å². The molecule has 0 spiro atoms. The Bertz CT molecular complexity index is 348. The molecule has 108 valence electrons. The van der Waals surface area contributed by atoms with E-state index >= 15 is 0 Å². The lowest BCUT2D eigenvalue weighted by Gasteiger charge is -2.34. The predicted octanol–water partition coefficient (Wildman–Crippen LogP) is 3.17. The first-order valence-electron chi connectivity index (χ1n) is 6.96. The van der Waals surface area contributed by atoms with E-state index in [2.05, 4.69) is 13.5 Å². The second-order valence-corrected chi connectivity index (χ2v) is 5.65. The van der Waals surface area contributed by atoms with Crippen LogP contribution < -0.4 is 0 Å². The molecule has 3 atom stereocenters. The molecule has 1 fully saturated rings. The summed E-state index contributed by atoms with van der Waals surface area (Å²) in [7, 11) is 0. The fourth-order valence-electron chi connectivity index (χ4n) is 2.63. The number of esters is 1. The lowest BCUT2D eigenvalue weighted by atomic mass is 9.77.